The fourth-order valence-electron chi connectivity index (χ4n) is 2.61. The topological polar surface area (TPSA) is 44.7 Å². The zero-order chi connectivity index (χ0) is 13.4. The lowest BCUT2D eigenvalue weighted by atomic mass is 9.95. The number of nitrogens with one attached hydrogen (secondary N) is 1. The van der Waals surface area contributed by atoms with Gasteiger partial charge in [0.2, 0.25) is 0 Å². The third-order valence-electron chi connectivity index (χ3n) is 3.50. The largest absolute Gasteiger partial charge is 0.394 e. The van der Waals surface area contributed by atoms with Crippen LogP contribution >= 0.6 is 0 Å². The Hall–Kier alpha value is -0.160. The Morgan fingerprint density at radius 3 is 2.78 bits per heavy atom. The van der Waals surface area contributed by atoms with Gasteiger partial charge in [-0.3, -0.25) is 0 Å². The van der Waals surface area contributed by atoms with Crippen molar-refractivity contribution in [1.82, 2.24) is 10.2 Å². The standard InChI is InChI=1S/C14H30N2O2/c1-13(2)15-14(3,12-17)6-4-7-16-8-5-10-18-11-9-16/h13,15,17H,4-12H2,1-3H3. The van der Waals surface area contributed by atoms with Crippen molar-refractivity contribution in [2.75, 3.05) is 39.5 Å². The van der Waals surface area contributed by atoms with E-state index in [1.54, 1.807) is 0 Å². The van der Waals surface area contributed by atoms with Gasteiger partial charge in [0.25, 0.3) is 0 Å². The maximum absolute atomic E-state index is 9.52. The summed E-state index contributed by atoms with van der Waals surface area (Å²) in [5, 5.41) is 13.0. The van der Waals surface area contributed by atoms with Crippen LogP contribution < -0.4 is 5.32 Å². The quantitative estimate of drug-likeness (QED) is 0.721. The summed E-state index contributed by atoms with van der Waals surface area (Å²) in [5.74, 6) is 0. The average molecular weight is 258 g/mol. The summed E-state index contributed by atoms with van der Waals surface area (Å²) in [7, 11) is 0. The van der Waals surface area contributed by atoms with E-state index in [0.29, 0.717) is 6.04 Å². The normalized spacial score (nSPS) is 21.8. The summed E-state index contributed by atoms with van der Waals surface area (Å²) in [6, 6.07) is 0.411. The van der Waals surface area contributed by atoms with E-state index in [1.807, 2.05) is 0 Å². The molecule has 108 valence electrons. The van der Waals surface area contributed by atoms with Crippen LogP contribution in [0.15, 0.2) is 0 Å². The second kappa shape index (κ2) is 8.10. The molecule has 4 heteroatoms. The van der Waals surface area contributed by atoms with Gasteiger partial charge in [-0.1, -0.05) is 13.8 Å². The molecular formula is C14H30N2O2. The minimum atomic E-state index is -0.142. The van der Waals surface area contributed by atoms with Crippen LogP contribution in [-0.2, 0) is 4.74 Å². The van der Waals surface area contributed by atoms with E-state index < -0.39 is 0 Å². The molecule has 18 heavy (non-hydrogen) atoms. The summed E-state index contributed by atoms with van der Waals surface area (Å²) in [4.78, 5) is 2.47. The monoisotopic (exact) mass is 258 g/mol. The zero-order valence-corrected chi connectivity index (χ0v) is 12.2. The number of aliphatic hydroxyl groups is 1. The van der Waals surface area contributed by atoms with Gasteiger partial charge in [0.1, 0.15) is 0 Å². The van der Waals surface area contributed by atoms with Crippen molar-refractivity contribution >= 4 is 0 Å². The second-order valence-corrected chi connectivity index (χ2v) is 5.93. The van der Waals surface area contributed by atoms with Crippen molar-refractivity contribution < 1.29 is 9.84 Å². The number of aliphatic hydroxyl groups excluding tert-OH is 1. The Balaban J connectivity index is 2.25. The number of rotatable bonds is 7. The Labute approximate surface area is 112 Å². The van der Waals surface area contributed by atoms with Gasteiger partial charge in [-0.05, 0) is 32.7 Å². The first-order chi connectivity index (χ1) is 8.56. The van der Waals surface area contributed by atoms with E-state index in [1.165, 1.54) is 0 Å². The summed E-state index contributed by atoms with van der Waals surface area (Å²) in [6.45, 7) is 11.6. The van der Waals surface area contributed by atoms with Gasteiger partial charge in [-0.2, -0.15) is 0 Å². The molecule has 1 fully saturated rings. The fraction of sp³-hybridized carbons (Fsp3) is 1.00. The van der Waals surface area contributed by atoms with Gasteiger partial charge in [0, 0.05) is 31.3 Å². The number of hydrogen-bond acceptors (Lipinski definition) is 4. The average Bonchev–Trinajstić information content (AvgIpc) is 2.57. The van der Waals surface area contributed by atoms with E-state index >= 15 is 0 Å². The van der Waals surface area contributed by atoms with Crippen molar-refractivity contribution in [2.45, 2.75) is 51.6 Å². The van der Waals surface area contributed by atoms with Gasteiger partial charge in [-0.25, -0.2) is 0 Å². The fourth-order valence-corrected chi connectivity index (χ4v) is 2.61. The van der Waals surface area contributed by atoms with Crippen molar-refractivity contribution in [2.24, 2.45) is 0 Å². The molecule has 1 atom stereocenters. The first-order valence-electron chi connectivity index (χ1n) is 7.24. The summed E-state index contributed by atoms with van der Waals surface area (Å²) >= 11 is 0. The Morgan fingerprint density at radius 1 is 1.33 bits per heavy atom. The van der Waals surface area contributed by atoms with Crippen LogP contribution in [0.25, 0.3) is 0 Å². The van der Waals surface area contributed by atoms with Crippen LogP contribution in [0, 0.1) is 0 Å². The molecule has 0 aromatic rings. The smallest absolute Gasteiger partial charge is 0.0610 e. The molecular weight excluding hydrogens is 228 g/mol. The number of hydrogen-bond donors (Lipinski definition) is 2. The maximum atomic E-state index is 9.52. The minimum Gasteiger partial charge on any atom is -0.394 e. The predicted molar refractivity (Wildman–Crippen MR) is 74.9 cm³/mol. The molecule has 0 aromatic heterocycles. The van der Waals surface area contributed by atoms with Gasteiger partial charge < -0.3 is 20.1 Å². The van der Waals surface area contributed by atoms with Crippen molar-refractivity contribution in [3.05, 3.63) is 0 Å². The highest BCUT2D eigenvalue weighted by atomic mass is 16.5. The van der Waals surface area contributed by atoms with Crippen LogP contribution in [-0.4, -0.2) is 61.0 Å². The van der Waals surface area contributed by atoms with E-state index in [9.17, 15) is 5.11 Å². The van der Waals surface area contributed by atoms with Crippen LogP contribution in [0.3, 0.4) is 0 Å². The molecule has 0 amide bonds. The Morgan fingerprint density at radius 2 is 2.11 bits per heavy atom. The molecule has 4 nitrogen and oxygen atoms in total. The number of nitrogens with zero attached hydrogens (tertiary/aromatic N) is 1. The molecule has 2 N–H and O–H groups in total. The Bertz CT molecular complexity index is 216. The van der Waals surface area contributed by atoms with Gasteiger partial charge in [-0.15, -0.1) is 0 Å². The molecule has 1 rings (SSSR count). The first-order valence-corrected chi connectivity index (χ1v) is 7.24. The Kier molecular flexibility index (Phi) is 7.15. The van der Waals surface area contributed by atoms with Crippen LogP contribution in [0.2, 0.25) is 0 Å². The summed E-state index contributed by atoms with van der Waals surface area (Å²) in [5.41, 5.74) is -0.142. The van der Waals surface area contributed by atoms with Crippen molar-refractivity contribution in [1.29, 1.82) is 0 Å². The summed E-state index contributed by atoms with van der Waals surface area (Å²) in [6.07, 6.45) is 3.28. The van der Waals surface area contributed by atoms with Gasteiger partial charge >= 0.3 is 0 Å². The number of ether oxygens (including phenoxy) is 1. The van der Waals surface area contributed by atoms with Crippen molar-refractivity contribution in [3.8, 4) is 0 Å². The molecule has 0 radical (unpaired) electrons. The van der Waals surface area contributed by atoms with Crippen LogP contribution in [0.4, 0.5) is 0 Å². The molecule has 0 bridgehead atoms. The molecule has 1 saturated heterocycles. The lowest BCUT2D eigenvalue weighted by Crippen LogP contribution is -2.49. The molecule has 1 unspecified atom stereocenters. The molecule has 1 aliphatic heterocycles. The zero-order valence-electron chi connectivity index (χ0n) is 12.2. The van der Waals surface area contributed by atoms with E-state index in [-0.39, 0.29) is 12.1 Å². The van der Waals surface area contributed by atoms with E-state index in [4.69, 9.17) is 4.74 Å². The summed E-state index contributed by atoms with van der Waals surface area (Å²) < 4.78 is 5.45. The molecule has 0 aliphatic carbocycles. The lowest BCUT2D eigenvalue weighted by Gasteiger charge is -2.32. The third-order valence-corrected chi connectivity index (χ3v) is 3.50. The first kappa shape index (κ1) is 15.9. The lowest BCUT2D eigenvalue weighted by molar-refractivity contribution is 0.135. The second-order valence-electron chi connectivity index (χ2n) is 5.93. The predicted octanol–water partition coefficient (Wildman–Crippen LogP) is 1.24. The molecule has 0 aromatic carbocycles. The SMILES string of the molecule is CC(C)NC(C)(CO)CCCN1CCCOCC1. The molecule has 1 aliphatic rings. The third kappa shape index (κ3) is 6.14. The molecule has 0 spiro atoms. The van der Waals surface area contributed by atoms with E-state index in [2.05, 4.69) is 31.0 Å². The van der Waals surface area contributed by atoms with Crippen molar-refractivity contribution in [3.63, 3.8) is 0 Å². The van der Waals surface area contributed by atoms with Gasteiger partial charge in [0.05, 0.1) is 13.2 Å². The van der Waals surface area contributed by atoms with Crippen LogP contribution in [0.5, 0.6) is 0 Å². The molecule has 1 heterocycles. The molecule has 0 saturated carbocycles. The van der Waals surface area contributed by atoms with E-state index in [0.717, 1.165) is 52.1 Å². The minimum absolute atomic E-state index is 0.142. The van der Waals surface area contributed by atoms with Gasteiger partial charge in [0.15, 0.2) is 0 Å². The highest BCUT2D eigenvalue weighted by Crippen LogP contribution is 2.14. The van der Waals surface area contributed by atoms with Crippen LogP contribution in [0.1, 0.15) is 40.0 Å². The highest BCUT2D eigenvalue weighted by Gasteiger charge is 2.23. The maximum Gasteiger partial charge on any atom is 0.0610 e. The highest BCUT2D eigenvalue weighted by molar-refractivity contribution is 4.84.